The molecule has 1 aliphatic heterocycles. The topological polar surface area (TPSA) is 28.2 Å². The summed E-state index contributed by atoms with van der Waals surface area (Å²) in [6.45, 7) is 10.3. The Hall–Kier alpha value is -0.450. The molecule has 18 heavy (non-hydrogen) atoms. The van der Waals surface area contributed by atoms with Gasteiger partial charge in [0.25, 0.3) is 0 Å². The second kappa shape index (κ2) is 6.64. The average molecular weight is 267 g/mol. The third kappa shape index (κ3) is 3.31. The molecule has 1 aromatic rings. The minimum atomic E-state index is 0.462. The van der Waals surface area contributed by atoms with Crippen molar-refractivity contribution in [3.05, 3.63) is 16.1 Å². The summed E-state index contributed by atoms with van der Waals surface area (Å²) in [5.41, 5.74) is 0. The maximum absolute atomic E-state index is 4.60. The number of hydrogen-bond donors (Lipinski definition) is 1. The van der Waals surface area contributed by atoms with Crippen LogP contribution in [-0.4, -0.2) is 35.6 Å². The SMILES string of the molecule is CCc1cnc(C(C)N2CCCNC(CC)C2)s1. The van der Waals surface area contributed by atoms with Gasteiger partial charge in [-0.2, -0.15) is 0 Å². The van der Waals surface area contributed by atoms with Gasteiger partial charge < -0.3 is 5.32 Å². The highest BCUT2D eigenvalue weighted by Gasteiger charge is 2.23. The third-order valence-electron chi connectivity index (χ3n) is 3.83. The Labute approximate surface area is 115 Å². The average Bonchev–Trinajstić information content (AvgIpc) is 2.75. The van der Waals surface area contributed by atoms with E-state index in [1.165, 1.54) is 29.3 Å². The summed E-state index contributed by atoms with van der Waals surface area (Å²) in [4.78, 5) is 8.59. The molecule has 2 heterocycles. The molecule has 4 heteroatoms. The van der Waals surface area contributed by atoms with Crippen molar-refractivity contribution in [1.82, 2.24) is 15.2 Å². The molecule has 2 atom stereocenters. The Kier molecular flexibility index (Phi) is 5.15. The van der Waals surface area contributed by atoms with Gasteiger partial charge in [0.1, 0.15) is 5.01 Å². The molecule has 1 N–H and O–H groups in total. The van der Waals surface area contributed by atoms with Crippen LogP contribution in [0.1, 0.15) is 49.5 Å². The molecule has 2 unspecified atom stereocenters. The van der Waals surface area contributed by atoms with Crippen LogP contribution < -0.4 is 5.32 Å². The highest BCUT2D eigenvalue weighted by molar-refractivity contribution is 7.11. The second-order valence-corrected chi connectivity index (χ2v) is 6.25. The number of rotatable bonds is 4. The van der Waals surface area contributed by atoms with Crippen LogP contribution in [0.2, 0.25) is 0 Å². The number of nitrogens with zero attached hydrogens (tertiary/aromatic N) is 2. The fourth-order valence-electron chi connectivity index (χ4n) is 2.49. The van der Waals surface area contributed by atoms with Crippen molar-refractivity contribution in [2.24, 2.45) is 0 Å². The largest absolute Gasteiger partial charge is 0.313 e. The van der Waals surface area contributed by atoms with E-state index in [2.05, 4.69) is 36.0 Å². The van der Waals surface area contributed by atoms with E-state index in [-0.39, 0.29) is 0 Å². The molecule has 0 radical (unpaired) electrons. The van der Waals surface area contributed by atoms with E-state index in [0.717, 1.165) is 19.5 Å². The lowest BCUT2D eigenvalue weighted by molar-refractivity contribution is 0.205. The molecule has 0 aliphatic carbocycles. The molecule has 0 bridgehead atoms. The van der Waals surface area contributed by atoms with E-state index < -0.39 is 0 Å². The zero-order valence-corrected chi connectivity index (χ0v) is 12.6. The van der Waals surface area contributed by atoms with E-state index in [1.54, 1.807) is 0 Å². The molecule has 0 saturated carbocycles. The van der Waals surface area contributed by atoms with Crippen molar-refractivity contribution >= 4 is 11.3 Å². The van der Waals surface area contributed by atoms with Crippen LogP contribution in [0.5, 0.6) is 0 Å². The summed E-state index contributed by atoms with van der Waals surface area (Å²) < 4.78 is 0. The van der Waals surface area contributed by atoms with Crippen LogP contribution in [0.3, 0.4) is 0 Å². The number of thiazole rings is 1. The third-order valence-corrected chi connectivity index (χ3v) is 5.14. The number of hydrogen-bond acceptors (Lipinski definition) is 4. The summed E-state index contributed by atoms with van der Waals surface area (Å²) in [6, 6.07) is 1.10. The maximum Gasteiger partial charge on any atom is 0.110 e. The zero-order chi connectivity index (χ0) is 13.0. The van der Waals surface area contributed by atoms with E-state index in [0.29, 0.717) is 12.1 Å². The van der Waals surface area contributed by atoms with Gasteiger partial charge in [-0.25, -0.2) is 4.98 Å². The summed E-state index contributed by atoms with van der Waals surface area (Å²) in [7, 11) is 0. The van der Waals surface area contributed by atoms with Crippen LogP contribution in [-0.2, 0) is 6.42 Å². The Morgan fingerprint density at radius 3 is 3.06 bits per heavy atom. The van der Waals surface area contributed by atoms with E-state index >= 15 is 0 Å². The van der Waals surface area contributed by atoms with Gasteiger partial charge in [0.2, 0.25) is 0 Å². The molecule has 1 fully saturated rings. The van der Waals surface area contributed by atoms with Gasteiger partial charge in [0.05, 0.1) is 6.04 Å². The number of aromatic nitrogens is 1. The van der Waals surface area contributed by atoms with Crippen molar-refractivity contribution in [2.75, 3.05) is 19.6 Å². The van der Waals surface area contributed by atoms with Gasteiger partial charge in [-0.3, -0.25) is 4.90 Å². The van der Waals surface area contributed by atoms with E-state index in [9.17, 15) is 0 Å². The summed E-state index contributed by atoms with van der Waals surface area (Å²) in [5.74, 6) is 0. The maximum atomic E-state index is 4.60. The highest BCUT2D eigenvalue weighted by Crippen LogP contribution is 2.26. The first-order valence-electron chi connectivity index (χ1n) is 7.16. The van der Waals surface area contributed by atoms with Gasteiger partial charge in [0.15, 0.2) is 0 Å². The molecule has 0 aromatic carbocycles. The van der Waals surface area contributed by atoms with Gasteiger partial charge in [-0.05, 0) is 32.7 Å². The monoisotopic (exact) mass is 267 g/mol. The van der Waals surface area contributed by atoms with Crippen LogP contribution in [0.15, 0.2) is 6.20 Å². The summed E-state index contributed by atoms with van der Waals surface area (Å²) in [5, 5.41) is 4.91. The zero-order valence-electron chi connectivity index (χ0n) is 11.8. The Balaban J connectivity index is 2.04. The molecule has 1 aromatic heterocycles. The molecular weight excluding hydrogens is 242 g/mol. The first-order chi connectivity index (χ1) is 8.74. The minimum Gasteiger partial charge on any atom is -0.313 e. The smallest absolute Gasteiger partial charge is 0.110 e. The van der Waals surface area contributed by atoms with Crippen LogP contribution in [0.4, 0.5) is 0 Å². The molecular formula is C14H25N3S. The van der Waals surface area contributed by atoms with Crippen LogP contribution >= 0.6 is 11.3 Å². The Bertz CT molecular complexity index is 364. The fraction of sp³-hybridized carbons (Fsp3) is 0.786. The molecule has 1 saturated heterocycles. The lowest BCUT2D eigenvalue weighted by Gasteiger charge is -2.28. The van der Waals surface area contributed by atoms with Crippen LogP contribution in [0, 0.1) is 0 Å². The van der Waals surface area contributed by atoms with Crippen LogP contribution in [0.25, 0.3) is 0 Å². The predicted octanol–water partition coefficient (Wildman–Crippen LogP) is 2.84. The van der Waals surface area contributed by atoms with Crippen molar-refractivity contribution in [3.63, 3.8) is 0 Å². The summed E-state index contributed by atoms with van der Waals surface area (Å²) >= 11 is 1.88. The van der Waals surface area contributed by atoms with Gasteiger partial charge in [-0.15, -0.1) is 11.3 Å². The van der Waals surface area contributed by atoms with Crippen molar-refractivity contribution in [1.29, 1.82) is 0 Å². The molecule has 2 rings (SSSR count). The molecule has 3 nitrogen and oxygen atoms in total. The van der Waals surface area contributed by atoms with Gasteiger partial charge >= 0.3 is 0 Å². The predicted molar refractivity (Wildman–Crippen MR) is 78.2 cm³/mol. The molecule has 1 aliphatic rings. The highest BCUT2D eigenvalue weighted by atomic mass is 32.1. The lowest BCUT2D eigenvalue weighted by atomic mass is 10.2. The van der Waals surface area contributed by atoms with Crippen molar-refractivity contribution in [3.8, 4) is 0 Å². The second-order valence-electron chi connectivity index (χ2n) is 5.10. The normalized spacial score (nSPS) is 23.8. The Morgan fingerprint density at radius 1 is 1.56 bits per heavy atom. The minimum absolute atomic E-state index is 0.462. The fourth-order valence-corrected chi connectivity index (χ4v) is 3.43. The summed E-state index contributed by atoms with van der Waals surface area (Å²) in [6.07, 6.45) is 5.60. The Morgan fingerprint density at radius 2 is 2.39 bits per heavy atom. The quantitative estimate of drug-likeness (QED) is 0.909. The van der Waals surface area contributed by atoms with Crippen molar-refractivity contribution in [2.45, 2.75) is 52.1 Å². The lowest BCUT2D eigenvalue weighted by Crippen LogP contribution is -2.38. The molecule has 102 valence electrons. The van der Waals surface area contributed by atoms with E-state index in [4.69, 9.17) is 0 Å². The molecule has 0 amide bonds. The number of aryl methyl sites for hydroxylation is 1. The number of nitrogens with one attached hydrogen (secondary N) is 1. The first kappa shape index (κ1) is 14.0. The first-order valence-corrected chi connectivity index (χ1v) is 7.98. The molecule has 0 spiro atoms. The van der Waals surface area contributed by atoms with Gasteiger partial charge in [-0.1, -0.05) is 13.8 Å². The van der Waals surface area contributed by atoms with Crippen molar-refractivity contribution < 1.29 is 0 Å². The van der Waals surface area contributed by atoms with E-state index in [1.807, 2.05) is 17.5 Å². The standard InChI is InChI=1S/C14H25N3S/c1-4-12-10-17(8-6-7-15-12)11(3)14-16-9-13(5-2)18-14/h9,11-12,15H,4-8,10H2,1-3H3. The van der Waals surface area contributed by atoms with Gasteiger partial charge in [0, 0.05) is 30.2 Å².